The molecule has 144 valence electrons. The molecule has 28 heavy (non-hydrogen) atoms. The van der Waals surface area contributed by atoms with E-state index in [1.807, 2.05) is 64.3 Å². The predicted octanol–water partition coefficient (Wildman–Crippen LogP) is 3.17. The van der Waals surface area contributed by atoms with Crippen molar-refractivity contribution < 1.29 is 9.53 Å². The van der Waals surface area contributed by atoms with Crippen molar-refractivity contribution in [2.24, 2.45) is 0 Å². The first-order chi connectivity index (χ1) is 13.8. The molecule has 0 aliphatic carbocycles. The third-order valence-corrected chi connectivity index (χ3v) is 5.60. The second-order valence-electron chi connectivity index (χ2n) is 6.72. The molecule has 1 aliphatic heterocycles. The first kappa shape index (κ1) is 18.6. The number of aromatic nitrogens is 3. The van der Waals surface area contributed by atoms with E-state index < -0.39 is 0 Å². The van der Waals surface area contributed by atoms with Gasteiger partial charge >= 0.3 is 0 Å². The minimum atomic E-state index is 0.185. The van der Waals surface area contributed by atoms with Gasteiger partial charge in [-0.05, 0) is 17.7 Å². The van der Waals surface area contributed by atoms with E-state index in [-0.39, 0.29) is 11.9 Å². The van der Waals surface area contributed by atoms with Crippen LogP contribution >= 0.6 is 11.8 Å². The monoisotopic (exact) mass is 394 g/mol. The Bertz CT molecular complexity index is 895. The maximum atomic E-state index is 12.3. The molecular weight excluding hydrogens is 372 g/mol. The van der Waals surface area contributed by atoms with Gasteiger partial charge in [0.25, 0.3) is 0 Å². The van der Waals surface area contributed by atoms with Crippen LogP contribution in [0.2, 0.25) is 0 Å². The SMILES string of the molecule is O=C(CSCc1ccccc1)N1CC(n2cc(COc3ccccc3)nn2)C1. The summed E-state index contributed by atoms with van der Waals surface area (Å²) in [6, 6.07) is 20.1. The van der Waals surface area contributed by atoms with Crippen molar-refractivity contribution in [2.75, 3.05) is 18.8 Å². The number of hydrogen-bond acceptors (Lipinski definition) is 5. The number of amides is 1. The van der Waals surface area contributed by atoms with Gasteiger partial charge in [0, 0.05) is 18.8 Å². The molecule has 1 aliphatic rings. The summed E-state index contributed by atoms with van der Waals surface area (Å²) in [6.45, 7) is 1.76. The summed E-state index contributed by atoms with van der Waals surface area (Å²) in [5, 5.41) is 8.36. The van der Waals surface area contributed by atoms with Crippen LogP contribution in [0.15, 0.2) is 66.9 Å². The third-order valence-electron chi connectivity index (χ3n) is 4.61. The van der Waals surface area contributed by atoms with E-state index in [2.05, 4.69) is 22.4 Å². The second kappa shape index (κ2) is 8.93. The normalized spacial score (nSPS) is 13.9. The zero-order chi connectivity index (χ0) is 19.2. The zero-order valence-electron chi connectivity index (χ0n) is 15.5. The molecule has 2 aromatic carbocycles. The lowest BCUT2D eigenvalue weighted by atomic mass is 10.1. The van der Waals surface area contributed by atoms with Gasteiger partial charge in [-0.25, -0.2) is 4.68 Å². The molecule has 0 saturated carbocycles. The van der Waals surface area contributed by atoms with Gasteiger partial charge in [-0.1, -0.05) is 53.7 Å². The Morgan fingerprint density at radius 2 is 1.79 bits per heavy atom. The summed E-state index contributed by atoms with van der Waals surface area (Å²) in [7, 11) is 0. The molecule has 3 aromatic rings. The Morgan fingerprint density at radius 3 is 2.54 bits per heavy atom. The van der Waals surface area contributed by atoms with Crippen molar-refractivity contribution in [3.05, 3.63) is 78.1 Å². The number of carbonyl (C=O) groups excluding carboxylic acids is 1. The third kappa shape index (κ3) is 4.72. The fourth-order valence-electron chi connectivity index (χ4n) is 2.98. The van der Waals surface area contributed by atoms with Crippen LogP contribution in [0.1, 0.15) is 17.3 Å². The van der Waals surface area contributed by atoms with Crippen molar-refractivity contribution in [1.82, 2.24) is 19.9 Å². The number of nitrogens with zero attached hydrogens (tertiary/aromatic N) is 4. The topological polar surface area (TPSA) is 60.2 Å². The number of benzene rings is 2. The largest absolute Gasteiger partial charge is 0.487 e. The highest BCUT2D eigenvalue weighted by Crippen LogP contribution is 2.22. The highest BCUT2D eigenvalue weighted by Gasteiger charge is 2.32. The molecule has 7 heteroatoms. The number of hydrogen-bond donors (Lipinski definition) is 0. The van der Waals surface area contributed by atoms with Crippen molar-refractivity contribution in [2.45, 2.75) is 18.4 Å². The van der Waals surface area contributed by atoms with Crippen LogP contribution in [0.4, 0.5) is 0 Å². The van der Waals surface area contributed by atoms with E-state index in [9.17, 15) is 4.79 Å². The van der Waals surface area contributed by atoms with E-state index in [4.69, 9.17) is 4.74 Å². The Kier molecular flexibility index (Phi) is 5.92. The molecule has 1 aromatic heterocycles. The van der Waals surface area contributed by atoms with E-state index in [0.717, 1.165) is 17.2 Å². The lowest BCUT2D eigenvalue weighted by Crippen LogP contribution is -2.51. The predicted molar refractivity (Wildman–Crippen MR) is 109 cm³/mol. The fourth-order valence-corrected chi connectivity index (χ4v) is 3.87. The second-order valence-corrected chi connectivity index (χ2v) is 7.71. The molecular formula is C21H22N4O2S. The average Bonchev–Trinajstić information content (AvgIpc) is 3.15. The number of rotatable bonds is 8. The number of para-hydroxylation sites is 1. The van der Waals surface area contributed by atoms with Gasteiger partial charge in [0.2, 0.25) is 5.91 Å². The number of ether oxygens (including phenoxy) is 1. The molecule has 0 unspecified atom stereocenters. The molecule has 1 saturated heterocycles. The molecule has 0 bridgehead atoms. The minimum absolute atomic E-state index is 0.185. The van der Waals surface area contributed by atoms with Crippen LogP contribution in [-0.2, 0) is 17.2 Å². The Hall–Kier alpha value is -2.80. The van der Waals surface area contributed by atoms with Crippen molar-refractivity contribution >= 4 is 17.7 Å². The van der Waals surface area contributed by atoms with Crippen LogP contribution in [0, 0.1) is 0 Å². The Morgan fingerprint density at radius 1 is 1.07 bits per heavy atom. The maximum absolute atomic E-state index is 12.3. The van der Waals surface area contributed by atoms with Gasteiger partial charge in [0.05, 0.1) is 18.0 Å². The summed E-state index contributed by atoms with van der Waals surface area (Å²) in [5.41, 5.74) is 2.03. The smallest absolute Gasteiger partial charge is 0.232 e. The van der Waals surface area contributed by atoms with Gasteiger partial charge in [-0.2, -0.15) is 0 Å². The van der Waals surface area contributed by atoms with Crippen molar-refractivity contribution in [3.8, 4) is 5.75 Å². The summed E-state index contributed by atoms with van der Waals surface area (Å²) in [6.07, 6.45) is 1.90. The molecule has 0 radical (unpaired) electrons. The van der Waals surface area contributed by atoms with Gasteiger partial charge < -0.3 is 9.64 Å². The highest BCUT2D eigenvalue weighted by atomic mass is 32.2. The summed E-state index contributed by atoms with van der Waals surface area (Å²) in [5.74, 6) is 2.36. The highest BCUT2D eigenvalue weighted by molar-refractivity contribution is 7.99. The van der Waals surface area contributed by atoms with Gasteiger partial charge in [0.1, 0.15) is 18.1 Å². The van der Waals surface area contributed by atoms with E-state index in [1.54, 1.807) is 11.8 Å². The summed E-state index contributed by atoms with van der Waals surface area (Å²) >= 11 is 1.66. The lowest BCUT2D eigenvalue weighted by Gasteiger charge is -2.38. The molecule has 6 nitrogen and oxygen atoms in total. The zero-order valence-corrected chi connectivity index (χ0v) is 16.3. The minimum Gasteiger partial charge on any atom is -0.487 e. The fraction of sp³-hybridized carbons (Fsp3) is 0.286. The molecule has 1 fully saturated rings. The van der Waals surface area contributed by atoms with Crippen molar-refractivity contribution in [1.29, 1.82) is 0 Å². The van der Waals surface area contributed by atoms with Crippen LogP contribution in [-0.4, -0.2) is 44.6 Å². The number of likely N-dealkylation sites (tertiary alicyclic amines) is 1. The molecule has 2 heterocycles. The standard InChI is InChI=1S/C21H22N4O2S/c26-21(16-28-15-17-7-3-1-4-8-17)24-12-19(13-24)25-11-18(22-23-25)14-27-20-9-5-2-6-10-20/h1-11,19H,12-16H2. The van der Waals surface area contributed by atoms with Crippen molar-refractivity contribution in [3.63, 3.8) is 0 Å². The first-order valence-electron chi connectivity index (χ1n) is 9.26. The summed E-state index contributed by atoms with van der Waals surface area (Å²) < 4.78 is 7.53. The quantitative estimate of drug-likeness (QED) is 0.587. The molecule has 0 atom stereocenters. The number of carbonyl (C=O) groups is 1. The van der Waals surface area contributed by atoms with E-state index in [1.165, 1.54) is 5.56 Å². The molecule has 4 rings (SSSR count). The lowest BCUT2D eigenvalue weighted by molar-refractivity contribution is -0.134. The Labute approximate surface area is 168 Å². The Balaban J connectivity index is 1.18. The van der Waals surface area contributed by atoms with Crippen LogP contribution < -0.4 is 4.74 Å². The van der Waals surface area contributed by atoms with Crippen LogP contribution in [0.25, 0.3) is 0 Å². The van der Waals surface area contributed by atoms with Gasteiger partial charge in [0.15, 0.2) is 0 Å². The molecule has 1 amide bonds. The average molecular weight is 395 g/mol. The number of thioether (sulfide) groups is 1. The van der Waals surface area contributed by atoms with E-state index in [0.29, 0.717) is 25.4 Å². The van der Waals surface area contributed by atoms with Gasteiger partial charge in [-0.3, -0.25) is 4.79 Å². The first-order valence-corrected chi connectivity index (χ1v) is 10.4. The van der Waals surface area contributed by atoms with E-state index >= 15 is 0 Å². The summed E-state index contributed by atoms with van der Waals surface area (Å²) in [4.78, 5) is 14.2. The maximum Gasteiger partial charge on any atom is 0.232 e. The van der Waals surface area contributed by atoms with Crippen LogP contribution in [0.3, 0.4) is 0 Å². The molecule has 0 N–H and O–H groups in total. The molecule has 0 spiro atoms. The van der Waals surface area contributed by atoms with Crippen LogP contribution in [0.5, 0.6) is 5.75 Å². The van der Waals surface area contributed by atoms with Gasteiger partial charge in [-0.15, -0.1) is 16.9 Å².